The lowest BCUT2D eigenvalue weighted by Crippen LogP contribution is -2.64. The van der Waals surface area contributed by atoms with Gasteiger partial charge in [0.1, 0.15) is 0 Å². The second kappa shape index (κ2) is 10.2. The summed E-state index contributed by atoms with van der Waals surface area (Å²) in [5.41, 5.74) is 0.301. The Morgan fingerprint density at radius 1 is 0.852 bits per heavy atom. The quantitative estimate of drug-likeness (QED) is 0.417. The summed E-state index contributed by atoms with van der Waals surface area (Å²) < 4.78 is 13.4. The Labute approximate surface area is 167 Å². The van der Waals surface area contributed by atoms with Gasteiger partial charge in [-0.2, -0.15) is 0 Å². The van der Waals surface area contributed by atoms with E-state index < -0.39 is 8.56 Å². The SMILES string of the molecule is CCCCO[Si](OCC(C)CC(C)(C)C)(c1ccccc1)c1ccccc1. The van der Waals surface area contributed by atoms with Crippen molar-refractivity contribution in [3.05, 3.63) is 60.7 Å². The van der Waals surface area contributed by atoms with Crippen molar-refractivity contribution < 1.29 is 8.85 Å². The second-order valence-corrected chi connectivity index (χ2v) is 11.7. The average Bonchev–Trinajstić information content (AvgIpc) is 2.65. The van der Waals surface area contributed by atoms with Crippen molar-refractivity contribution in [2.75, 3.05) is 13.2 Å². The largest absolute Gasteiger partial charge is 0.407 e. The summed E-state index contributed by atoms with van der Waals surface area (Å²) >= 11 is 0. The van der Waals surface area contributed by atoms with Gasteiger partial charge in [-0.05, 0) is 34.5 Å². The zero-order chi connectivity index (χ0) is 19.8. The minimum atomic E-state index is -2.72. The second-order valence-electron chi connectivity index (χ2n) is 8.73. The van der Waals surface area contributed by atoms with Gasteiger partial charge in [-0.15, -0.1) is 0 Å². The Morgan fingerprint density at radius 3 is 1.81 bits per heavy atom. The van der Waals surface area contributed by atoms with Crippen LogP contribution in [-0.2, 0) is 8.85 Å². The Kier molecular flexibility index (Phi) is 8.27. The maximum absolute atomic E-state index is 6.77. The first kappa shape index (κ1) is 21.9. The highest BCUT2D eigenvalue weighted by molar-refractivity contribution is 6.92. The predicted octanol–water partition coefficient (Wildman–Crippen LogP) is 5.15. The van der Waals surface area contributed by atoms with Crippen LogP contribution < -0.4 is 10.4 Å². The van der Waals surface area contributed by atoms with Crippen LogP contribution in [0.15, 0.2) is 60.7 Å². The molecule has 0 saturated carbocycles. The molecule has 0 fully saturated rings. The van der Waals surface area contributed by atoms with Crippen LogP contribution in [0.25, 0.3) is 0 Å². The van der Waals surface area contributed by atoms with Gasteiger partial charge in [-0.1, -0.05) is 102 Å². The standard InChI is InChI=1S/C24H36O2Si/c1-6-7-18-25-27(22-14-10-8-11-15-22,23-16-12-9-13-17-23)26-20-21(2)19-24(3,4)5/h8-17,21H,6-7,18-20H2,1-5H3. The summed E-state index contributed by atoms with van der Waals surface area (Å²) in [5.74, 6) is 0.485. The van der Waals surface area contributed by atoms with E-state index in [0.717, 1.165) is 32.5 Å². The molecule has 0 radical (unpaired) electrons. The van der Waals surface area contributed by atoms with Crippen LogP contribution >= 0.6 is 0 Å². The van der Waals surface area contributed by atoms with E-state index in [1.807, 2.05) is 0 Å². The topological polar surface area (TPSA) is 18.5 Å². The van der Waals surface area contributed by atoms with E-state index in [4.69, 9.17) is 8.85 Å². The van der Waals surface area contributed by atoms with Crippen molar-refractivity contribution in [2.45, 2.75) is 53.9 Å². The Hall–Kier alpha value is -1.42. The van der Waals surface area contributed by atoms with Crippen LogP contribution in [0.3, 0.4) is 0 Å². The van der Waals surface area contributed by atoms with Gasteiger partial charge in [0.2, 0.25) is 0 Å². The number of hydrogen-bond acceptors (Lipinski definition) is 2. The highest BCUT2D eigenvalue weighted by Gasteiger charge is 2.43. The van der Waals surface area contributed by atoms with Crippen LogP contribution in [0, 0.1) is 11.3 Å². The molecule has 0 amide bonds. The third kappa shape index (κ3) is 6.60. The lowest BCUT2D eigenvalue weighted by atomic mass is 9.86. The molecule has 0 bridgehead atoms. The zero-order valence-electron chi connectivity index (χ0n) is 17.7. The molecule has 148 valence electrons. The third-order valence-corrected chi connectivity index (χ3v) is 8.01. The molecular weight excluding hydrogens is 348 g/mol. The third-order valence-electron chi connectivity index (χ3n) is 4.64. The highest BCUT2D eigenvalue weighted by Crippen LogP contribution is 2.25. The molecule has 0 saturated heterocycles. The Balaban J connectivity index is 2.35. The van der Waals surface area contributed by atoms with Crippen molar-refractivity contribution in [3.63, 3.8) is 0 Å². The molecule has 0 heterocycles. The molecule has 0 aromatic heterocycles. The fourth-order valence-electron chi connectivity index (χ4n) is 3.58. The predicted molar refractivity (Wildman–Crippen MR) is 118 cm³/mol. The van der Waals surface area contributed by atoms with E-state index in [-0.39, 0.29) is 0 Å². The van der Waals surface area contributed by atoms with E-state index in [1.165, 1.54) is 10.4 Å². The lowest BCUT2D eigenvalue weighted by Gasteiger charge is -2.33. The summed E-state index contributed by atoms with van der Waals surface area (Å²) in [6.45, 7) is 12.8. The number of hydrogen-bond donors (Lipinski definition) is 0. The van der Waals surface area contributed by atoms with Crippen molar-refractivity contribution in [3.8, 4) is 0 Å². The molecule has 3 heteroatoms. The molecule has 0 aliphatic heterocycles. The summed E-state index contributed by atoms with van der Waals surface area (Å²) in [4.78, 5) is 0. The fraction of sp³-hybridized carbons (Fsp3) is 0.500. The Bertz CT molecular complexity index is 610. The maximum Gasteiger partial charge on any atom is 0.407 e. The molecule has 1 atom stereocenters. The smallest absolute Gasteiger partial charge is 0.388 e. The van der Waals surface area contributed by atoms with Gasteiger partial charge in [0.25, 0.3) is 0 Å². The fourth-order valence-corrected chi connectivity index (χ4v) is 6.88. The summed E-state index contributed by atoms with van der Waals surface area (Å²) in [5, 5.41) is 2.38. The van der Waals surface area contributed by atoms with Crippen molar-refractivity contribution in [2.24, 2.45) is 11.3 Å². The summed E-state index contributed by atoms with van der Waals surface area (Å²) in [6.07, 6.45) is 3.31. The minimum absolute atomic E-state index is 0.301. The molecule has 0 spiro atoms. The van der Waals surface area contributed by atoms with Gasteiger partial charge in [0, 0.05) is 13.2 Å². The van der Waals surface area contributed by atoms with Crippen LogP contribution in [0.2, 0.25) is 0 Å². The van der Waals surface area contributed by atoms with E-state index in [1.54, 1.807) is 0 Å². The number of rotatable bonds is 10. The van der Waals surface area contributed by atoms with Crippen molar-refractivity contribution in [1.29, 1.82) is 0 Å². The molecule has 0 aliphatic carbocycles. The van der Waals surface area contributed by atoms with E-state index >= 15 is 0 Å². The summed E-state index contributed by atoms with van der Waals surface area (Å²) in [7, 11) is -2.72. The molecule has 2 aromatic carbocycles. The number of benzene rings is 2. The van der Waals surface area contributed by atoms with E-state index in [9.17, 15) is 0 Å². The molecule has 0 N–H and O–H groups in total. The average molecular weight is 385 g/mol. The molecule has 1 unspecified atom stereocenters. The summed E-state index contributed by atoms with van der Waals surface area (Å²) in [6, 6.07) is 21.1. The molecule has 2 nitrogen and oxygen atoms in total. The Morgan fingerprint density at radius 2 is 1.37 bits per heavy atom. The highest BCUT2D eigenvalue weighted by atomic mass is 28.4. The van der Waals surface area contributed by atoms with E-state index in [2.05, 4.69) is 95.3 Å². The first-order valence-corrected chi connectivity index (χ1v) is 12.1. The number of unbranched alkanes of at least 4 members (excludes halogenated alkanes) is 1. The van der Waals surface area contributed by atoms with Gasteiger partial charge in [-0.25, -0.2) is 0 Å². The van der Waals surface area contributed by atoms with Crippen LogP contribution in [-0.4, -0.2) is 21.8 Å². The van der Waals surface area contributed by atoms with Gasteiger partial charge >= 0.3 is 8.56 Å². The normalized spacial score (nSPS) is 13.5. The van der Waals surface area contributed by atoms with Crippen LogP contribution in [0.5, 0.6) is 0 Å². The van der Waals surface area contributed by atoms with Gasteiger partial charge in [0.15, 0.2) is 0 Å². The molecule has 2 aromatic rings. The van der Waals surface area contributed by atoms with Crippen molar-refractivity contribution >= 4 is 18.9 Å². The maximum atomic E-state index is 6.77. The van der Waals surface area contributed by atoms with Gasteiger partial charge in [-0.3, -0.25) is 0 Å². The van der Waals surface area contributed by atoms with Crippen molar-refractivity contribution in [1.82, 2.24) is 0 Å². The molecular formula is C24H36O2Si. The van der Waals surface area contributed by atoms with Gasteiger partial charge < -0.3 is 8.85 Å². The molecule has 0 aliphatic rings. The molecule has 27 heavy (non-hydrogen) atoms. The van der Waals surface area contributed by atoms with Crippen LogP contribution in [0.1, 0.15) is 53.9 Å². The first-order chi connectivity index (χ1) is 12.9. The van der Waals surface area contributed by atoms with E-state index in [0.29, 0.717) is 11.3 Å². The lowest BCUT2D eigenvalue weighted by molar-refractivity contribution is 0.149. The first-order valence-electron chi connectivity index (χ1n) is 10.3. The van der Waals surface area contributed by atoms with Crippen LogP contribution in [0.4, 0.5) is 0 Å². The minimum Gasteiger partial charge on any atom is -0.388 e. The monoisotopic (exact) mass is 384 g/mol. The zero-order valence-corrected chi connectivity index (χ0v) is 18.7. The van der Waals surface area contributed by atoms with Gasteiger partial charge in [0.05, 0.1) is 0 Å². The molecule has 2 rings (SSSR count).